The number of hydrogen-bond acceptors (Lipinski definition) is 6. The number of nitrogens with zero attached hydrogens (tertiary/aromatic N) is 1. The highest BCUT2D eigenvalue weighted by Gasteiger charge is 2.15. The number of carbonyl (C=O) groups is 1. The summed E-state index contributed by atoms with van der Waals surface area (Å²) in [6, 6.07) is 22.3. The number of para-hydroxylation sites is 1. The number of aromatic nitrogens is 1. The lowest BCUT2D eigenvalue weighted by molar-refractivity contribution is -0.139. The molecular weight excluding hydrogens is 458 g/mol. The van der Waals surface area contributed by atoms with Gasteiger partial charge in [0.2, 0.25) is 0 Å². The highest BCUT2D eigenvalue weighted by atomic mass is 35.5. The minimum Gasteiger partial charge on any atom is -0.493 e. The zero-order valence-electron chi connectivity index (χ0n) is 18.4. The van der Waals surface area contributed by atoms with E-state index in [1.165, 1.54) is 7.11 Å². The first-order valence-electron chi connectivity index (χ1n) is 10.4. The third-order valence-electron chi connectivity index (χ3n) is 4.90. The highest BCUT2D eigenvalue weighted by molar-refractivity contribution is 6.30. The van der Waals surface area contributed by atoms with Crippen molar-refractivity contribution in [3.05, 3.63) is 89.1 Å². The Kier molecular flexibility index (Phi) is 7.34. The van der Waals surface area contributed by atoms with Gasteiger partial charge in [-0.3, -0.25) is 0 Å². The predicted molar refractivity (Wildman–Crippen MR) is 128 cm³/mol. The van der Waals surface area contributed by atoms with Crippen molar-refractivity contribution in [3.63, 3.8) is 0 Å². The molecule has 8 heteroatoms. The smallest absolute Gasteiger partial charge is 0.341 e. The van der Waals surface area contributed by atoms with E-state index in [0.717, 1.165) is 16.6 Å². The van der Waals surface area contributed by atoms with Crippen LogP contribution >= 0.6 is 11.6 Å². The summed E-state index contributed by atoms with van der Waals surface area (Å²) in [5.74, 6) is 0.677. The lowest BCUT2D eigenvalue weighted by atomic mass is 10.2. The van der Waals surface area contributed by atoms with E-state index in [2.05, 4.69) is 4.98 Å². The molecule has 0 saturated carbocycles. The van der Waals surface area contributed by atoms with E-state index < -0.39 is 12.6 Å². The molecule has 4 rings (SSSR count). The van der Waals surface area contributed by atoms with Crippen molar-refractivity contribution in [2.75, 3.05) is 13.7 Å². The minimum absolute atomic E-state index is 0.0849. The molecule has 0 fully saturated rings. The maximum atomic E-state index is 11.0. The molecule has 4 aromatic rings. The standard InChI is InChI=1S/C26H22ClNO6/c1-31-24-12-19(27)11-18(26(24)34-16-25(29)30)14-32-21-6-4-7-22(13-21)33-15-20-10-9-17-5-2-3-8-23(17)28-20/h2-13H,14-16H2,1H3,(H,29,30). The number of halogens is 1. The summed E-state index contributed by atoms with van der Waals surface area (Å²) >= 11 is 6.17. The first-order chi connectivity index (χ1) is 16.5. The molecule has 7 nitrogen and oxygen atoms in total. The molecule has 174 valence electrons. The summed E-state index contributed by atoms with van der Waals surface area (Å²) in [7, 11) is 1.45. The van der Waals surface area contributed by atoms with Crippen LogP contribution in [0.15, 0.2) is 72.8 Å². The van der Waals surface area contributed by atoms with Gasteiger partial charge in [0.1, 0.15) is 24.7 Å². The second-order valence-electron chi connectivity index (χ2n) is 7.33. The quantitative estimate of drug-likeness (QED) is 0.320. The number of carboxylic acids is 1. The second kappa shape index (κ2) is 10.8. The number of ether oxygens (including phenoxy) is 4. The van der Waals surface area contributed by atoms with Gasteiger partial charge in [-0.2, -0.15) is 0 Å². The van der Waals surface area contributed by atoms with Gasteiger partial charge >= 0.3 is 5.97 Å². The van der Waals surface area contributed by atoms with E-state index in [4.69, 9.17) is 35.7 Å². The summed E-state index contributed by atoms with van der Waals surface area (Å²) in [5.41, 5.74) is 2.28. The molecule has 0 atom stereocenters. The molecule has 0 aliphatic heterocycles. The summed E-state index contributed by atoms with van der Waals surface area (Å²) in [6.07, 6.45) is 0. The molecule has 0 bridgehead atoms. The Labute approximate surface area is 201 Å². The maximum absolute atomic E-state index is 11.0. The minimum atomic E-state index is -1.10. The van der Waals surface area contributed by atoms with Crippen molar-refractivity contribution >= 4 is 28.5 Å². The van der Waals surface area contributed by atoms with Crippen molar-refractivity contribution < 1.29 is 28.8 Å². The molecule has 1 aromatic heterocycles. The first kappa shape index (κ1) is 23.2. The Balaban J connectivity index is 1.44. The molecule has 0 radical (unpaired) electrons. The van der Waals surface area contributed by atoms with Crippen molar-refractivity contribution in [3.8, 4) is 23.0 Å². The van der Waals surface area contributed by atoms with E-state index in [-0.39, 0.29) is 12.4 Å². The molecule has 34 heavy (non-hydrogen) atoms. The fourth-order valence-corrected chi connectivity index (χ4v) is 3.57. The van der Waals surface area contributed by atoms with Crippen molar-refractivity contribution in [1.29, 1.82) is 0 Å². The zero-order valence-corrected chi connectivity index (χ0v) is 19.1. The fraction of sp³-hybridized carbons (Fsp3) is 0.154. The van der Waals surface area contributed by atoms with E-state index in [0.29, 0.717) is 34.4 Å². The number of benzene rings is 3. The normalized spacial score (nSPS) is 10.6. The number of methoxy groups -OCH3 is 1. The van der Waals surface area contributed by atoms with E-state index in [1.54, 1.807) is 24.3 Å². The highest BCUT2D eigenvalue weighted by Crippen LogP contribution is 2.35. The van der Waals surface area contributed by atoms with Gasteiger partial charge in [0.15, 0.2) is 18.1 Å². The molecule has 0 amide bonds. The fourth-order valence-electron chi connectivity index (χ4n) is 3.34. The molecule has 0 unspecified atom stereocenters. The van der Waals surface area contributed by atoms with E-state index in [1.807, 2.05) is 48.5 Å². The summed E-state index contributed by atoms with van der Waals surface area (Å²) in [5, 5.41) is 10.5. The first-order valence-corrected chi connectivity index (χ1v) is 10.8. The number of rotatable bonds is 10. The number of fused-ring (bicyclic) bond motifs is 1. The monoisotopic (exact) mass is 479 g/mol. The lowest BCUT2D eigenvalue weighted by Gasteiger charge is -2.16. The van der Waals surface area contributed by atoms with Crippen LogP contribution in [-0.4, -0.2) is 29.8 Å². The Morgan fingerprint density at radius 2 is 1.68 bits per heavy atom. The van der Waals surface area contributed by atoms with Crippen LogP contribution in [0, 0.1) is 0 Å². The van der Waals surface area contributed by atoms with Crippen molar-refractivity contribution in [1.82, 2.24) is 4.98 Å². The number of carboxylic acid groups (broad SMARTS) is 1. The third kappa shape index (κ3) is 5.88. The van der Waals surface area contributed by atoms with Gasteiger partial charge in [-0.1, -0.05) is 41.9 Å². The van der Waals surface area contributed by atoms with Crippen LogP contribution in [-0.2, 0) is 18.0 Å². The second-order valence-corrected chi connectivity index (χ2v) is 7.76. The number of aliphatic carboxylic acids is 1. The topological polar surface area (TPSA) is 87.1 Å². The van der Waals surface area contributed by atoms with E-state index >= 15 is 0 Å². The summed E-state index contributed by atoms with van der Waals surface area (Å²) < 4.78 is 22.5. The van der Waals surface area contributed by atoms with Gasteiger partial charge in [-0.25, -0.2) is 9.78 Å². The van der Waals surface area contributed by atoms with Crippen LogP contribution in [0.3, 0.4) is 0 Å². The molecule has 3 aromatic carbocycles. The average Bonchev–Trinajstić information content (AvgIpc) is 2.85. The Morgan fingerprint density at radius 3 is 2.44 bits per heavy atom. The van der Waals surface area contributed by atoms with Gasteiger partial charge in [0.25, 0.3) is 0 Å². The van der Waals surface area contributed by atoms with Crippen LogP contribution in [0.4, 0.5) is 0 Å². The van der Waals surface area contributed by atoms with Gasteiger partial charge in [-0.15, -0.1) is 0 Å². The van der Waals surface area contributed by atoms with Gasteiger partial charge in [-0.05, 0) is 30.3 Å². The van der Waals surface area contributed by atoms with Crippen LogP contribution in [0.1, 0.15) is 11.3 Å². The summed E-state index contributed by atoms with van der Waals surface area (Å²) in [6.45, 7) is -0.119. The molecule has 0 aliphatic rings. The van der Waals surface area contributed by atoms with Crippen LogP contribution in [0.25, 0.3) is 10.9 Å². The van der Waals surface area contributed by atoms with Crippen molar-refractivity contribution in [2.24, 2.45) is 0 Å². The molecule has 0 saturated heterocycles. The van der Waals surface area contributed by atoms with Crippen LogP contribution in [0.2, 0.25) is 5.02 Å². The largest absolute Gasteiger partial charge is 0.493 e. The molecule has 1 N–H and O–H groups in total. The maximum Gasteiger partial charge on any atom is 0.341 e. The number of hydrogen-bond donors (Lipinski definition) is 1. The van der Waals surface area contributed by atoms with E-state index in [9.17, 15) is 4.79 Å². The SMILES string of the molecule is COc1cc(Cl)cc(COc2cccc(OCc3ccc4ccccc4n3)c2)c1OCC(=O)O. The lowest BCUT2D eigenvalue weighted by Crippen LogP contribution is -2.12. The van der Waals surface area contributed by atoms with Crippen molar-refractivity contribution in [2.45, 2.75) is 13.2 Å². The Morgan fingerprint density at radius 1 is 0.912 bits per heavy atom. The molecular formula is C26H22ClNO6. The van der Waals surface area contributed by atoms with Gasteiger partial charge < -0.3 is 24.1 Å². The Hall–Kier alpha value is -3.97. The van der Waals surface area contributed by atoms with Gasteiger partial charge in [0, 0.05) is 28.1 Å². The third-order valence-corrected chi connectivity index (χ3v) is 5.12. The summed E-state index contributed by atoms with van der Waals surface area (Å²) in [4.78, 5) is 15.6. The Bertz CT molecular complexity index is 1310. The van der Waals surface area contributed by atoms with Gasteiger partial charge in [0.05, 0.1) is 18.3 Å². The predicted octanol–water partition coefficient (Wildman–Crippen LogP) is 5.52. The molecule has 0 spiro atoms. The molecule has 1 heterocycles. The zero-order chi connectivity index (χ0) is 23.9. The van der Waals surface area contributed by atoms with Crippen LogP contribution < -0.4 is 18.9 Å². The average molecular weight is 480 g/mol. The molecule has 0 aliphatic carbocycles. The number of pyridine rings is 1. The van der Waals surface area contributed by atoms with Crippen LogP contribution in [0.5, 0.6) is 23.0 Å².